The molecule has 1 saturated heterocycles. The molecule has 4 rings (SSSR count). The van der Waals surface area contributed by atoms with Gasteiger partial charge in [-0.15, -0.1) is 10.2 Å². The number of aromatic nitrogens is 4. The van der Waals surface area contributed by atoms with E-state index in [1.807, 2.05) is 36.7 Å². The average molecular weight is 359 g/mol. The molecular weight excluding hydrogens is 338 g/mol. The number of aryl methyl sites for hydroxylation is 2. The number of nitrogens with zero attached hydrogens (tertiary/aromatic N) is 5. The summed E-state index contributed by atoms with van der Waals surface area (Å²) < 4.78 is 13.1. The largest absolute Gasteiger partial charge is 0.453 e. The zero-order valence-corrected chi connectivity index (χ0v) is 15.2. The van der Waals surface area contributed by atoms with Crippen LogP contribution in [0.1, 0.15) is 42.5 Å². The van der Waals surface area contributed by atoms with E-state index < -0.39 is 0 Å². The van der Waals surface area contributed by atoms with Crippen molar-refractivity contribution in [1.29, 1.82) is 0 Å². The fourth-order valence-corrected chi connectivity index (χ4v) is 3.95. The van der Waals surface area contributed by atoms with Gasteiger partial charge in [0.25, 0.3) is 0 Å². The average Bonchev–Trinajstić information content (AvgIpc) is 3.32. The molecule has 0 bridgehead atoms. The third-order valence-corrected chi connectivity index (χ3v) is 5.43. The summed E-state index contributed by atoms with van der Waals surface area (Å²) in [6.45, 7) is 3.76. The molecule has 8 heteroatoms. The van der Waals surface area contributed by atoms with Crippen LogP contribution in [0, 0.1) is 6.92 Å². The number of hydrogen-bond acceptors (Lipinski definition) is 7. The Balaban J connectivity index is 1.46. The Bertz CT molecular complexity index is 840. The van der Waals surface area contributed by atoms with Gasteiger partial charge in [0.15, 0.2) is 10.2 Å². The summed E-state index contributed by atoms with van der Waals surface area (Å²) in [6, 6.07) is 6.37. The minimum Gasteiger partial charge on any atom is -0.453 e. The number of hydrogen-bond donors (Lipinski definition) is 0. The van der Waals surface area contributed by atoms with E-state index in [0.29, 0.717) is 6.04 Å². The van der Waals surface area contributed by atoms with Crippen LogP contribution in [0.3, 0.4) is 0 Å². The van der Waals surface area contributed by atoms with Crippen molar-refractivity contribution in [3.05, 3.63) is 41.7 Å². The number of furan rings is 1. The van der Waals surface area contributed by atoms with E-state index in [2.05, 4.69) is 20.3 Å². The molecular formula is C17H21N5O2S. The molecule has 7 nitrogen and oxygen atoms in total. The Kier molecular flexibility index (Phi) is 4.63. The van der Waals surface area contributed by atoms with E-state index in [0.717, 1.165) is 47.0 Å². The molecule has 3 aromatic heterocycles. The number of piperidine rings is 1. The number of likely N-dealkylation sites (tertiary alicyclic amines) is 1. The van der Waals surface area contributed by atoms with Crippen LogP contribution in [-0.4, -0.2) is 31.4 Å². The van der Waals surface area contributed by atoms with Crippen molar-refractivity contribution in [1.82, 2.24) is 24.8 Å². The predicted molar refractivity (Wildman–Crippen MR) is 92.1 cm³/mol. The smallest absolute Gasteiger partial charge is 0.198 e. The molecule has 4 heterocycles. The standard InChI is InChI=1S/C17H21N5O2S/c1-12-9-14(20-24-12)15-5-3-4-8-22(15)10-13-6-7-16(23-13)25-17-19-18-11-21(17)2/h6-7,9,11,15H,3-5,8,10H2,1-2H3. The zero-order valence-electron chi connectivity index (χ0n) is 14.4. The lowest BCUT2D eigenvalue weighted by molar-refractivity contribution is 0.122. The normalized spacial score (nSPS) is 18.7. The van der Waals surface area contributed by atoms with E-state index >= 15 is 0 Å². The van der Waals surface area contributed by atoms with Crippen LogP contribution in [0.4, 0.5) is 0 Å². The van der Waals surface area contributed by atoms with Crippen molar-refractivity contribution in [2.24, 2.45) is 7.05 Å². The van der Waals surface area contributed by atoms with Gasteiger partial charge in [0.05, 0.1) is 12.6 Å². The minimum atomic E-state index is 0.297. The predicted octanol–water partition coefficient (Wildman–Crippen LogP) is 3.58. The SMILES string of the molecule is Cc1cc(C2CCCCN2Cc2ccc(Sc3nncn3C)o2)no1. The Morgan fingerprint density at radius 2 is 2.24 bits per heavy atom. The minimum absolute atomic E-state index is 0.297. The molecule has 25 heavy (non-hydrogen) atoms. The quantitative estimate of drug-likeness (QED) is 0.689. The summed E-state index contributed by atoms with van der Waals surface area (Å²) in [7, 11) is 1.92. The zero-order chi connectivity index (χ0) is 17.2. The Hall–Kier alpha value is -2.06. The van der Waals surface area contributed by atoms with Gasteiger partial charge in [-0.25, -0.2) is 0 Å². The second-order valence-electron chi connectivity index (χ2n) is 6.39. The van der Waals surface area contributed by atoms with E-state index in [9.17, 15) is 0 Å². The van der Waals surface area contributed by atoms with Crippen LogP contribution in [0.15, 0.2) is 43.7 Å². The lowest BCUT2D eigenvalue weighted by atomic mass is 9.99. The Morgan fingerprint density at radius 1 is 1.32 bits per heavy atom. The van der Waals surface area contributed by atoms with Crippen LogP contribution >= 0.6 is 11.8 Å². The lowest BCUT2D eigenvalue weighted by Crippen LogP contribution is -2.33. The van der Waals surface area contributed by atoms with Crippen molar-refractivity contribution < 1.29 is 8.94 Å². The molecule has 0 spiro atoms. The van der Waals surface area contributed by atoms with Gasteiger partial charge in [-0.3, -0.25) is 4.90 Å². The Labute approximate surface area is 150 Å². The maximum atomic E-state index is 6.00. The van der Waals surface area contributed by atoms with Gasteiger partial charge in [0.2, 0.25) is 0 Å². The molecule has 1 fully saturated rings. The molecule has 0 radical (unpaired) electrons. The molecule has 1 atom stereocenters. The molecule has 0 saturated carbocycles. The van der Waals surface area contributed by atoms with E-state index in [1.165, 1.54) is 24.6 Å². The van der Waals surface area contributed by atoms with Gasteiger partial charge in [-0.05, 0) is 50.2 Å². The Morgan fingerprint density at radius 3 is 3.00 bits per heavy atom. The number of rotatable bonds is 5. The summed E-state index contributed by atoms with van der Waals surface area (Å²) in [5.41, 5.74) is 1.03. The highest BCUT2D eigenvalue weighted by Crippen LogP contribution is 2.33. The maximum Gasteiger partial charge on any atom is 0.198 e. The first kappa shape index (κ1) is 16.4. The molecule has 132 valence electrons. The second kappa shape index (κ2) is 7.05. The highest BCUT2D eigenvalue weighted by Gasteiger charge is 2.27. The maximum absolute atomic E-state index is 6.00. The third-order valence-electron chi connectivity index (χ3n) is 4.46. The van der Waals surface area contributed by atoms with Crippen molar-refractivity contribution in [2.45, 2.75) is 49.0 Å². The molecule has 0 aliphatic carbocycles. The van der Waals surface area contributed by atoms with Gasteiger partial charge in [-0.1, -0.05) is 11.6 Å². The van der Waals surface area contributed by atoms with Gasteiger partial charge in [0, 0.05) is 13.1 Å². The first-order valence-electron chi connectivity index (χ1n) is 8.47. The van der Waals surface area contributed by atoms with Crippen LogP contribution in [0.5, 0.6) is 0 Å². The fourth-order valence-electron chi connectivity index (χ4n) is 3.21. The summed E-state index contributed by atoms with van der Waals surface area (Å²) in [6.07, 6.45) is 5.21. The van der Waals surface area contributed by atoms with Crippen LogP contribution < -0.4 is 0 Å². The third kappa shape index (κ3) is 3.64. The summed E-state index contributed by atoms with van der Waals surface area (Å²) in [5.74, 6) is 1.82. The molecule has 1 aliphatic heterocycles. The van der Waals surface area contributed by atoms with E-state index in [-0.39, 0.29) is 0 Å². The van der Waals surface area contributed by atoms with Gasteiger partial charge >= 0.3 is 0 Å². The highest BCUT2D eigenvalue weighted by atomic mass is 32.2. The lowest BCUT2D eigenvalue weighted by Gasteiger charge is -2.33. The summed E-state index contributed by atoms with van der Waals surface area (Å²) in [5, 5.41) is 13.8. The molecule has 3 aromatic rings. The second-order valence-corrected chi connectivity index (χ2v) is 7.36. The molecule has 1 unspecified atom stereocenters. The highest BCUT2D eigenvalue weighted by molar-refractivity contribution is 7.99. The molecule has 1 aliphatic rings. The molecule has 0 aromatic carbocycles. The van der Waals surface area contributed by atoms with Crippen molar-refractivity contribution >= 4 is 11.8 Å². The monoisotopic (exact) mass is 359 g/mol. The topological polar surface area (TPSA) is 73.1 Å². The van der Waals surface area contributed by atoms with E-state index in [4.69, 9.17) is 8.94 Å². The first-order valence-corrected chi connectivity index (χ1v) is 9.28. The van der Waals surface area contributed by atoms with Crippen molar-refractivity contribution in [2.75, 3.05) is 6.54 Å². The van der Waals surface area contributed by atoms with Crippen LogP contribution in [0.2, 0.25) is 0 Å². The van der Waals surface area contributed by atoms with Gasteiger partial charge < -0.3 is 13.5 Å². The fraction of sp³-hybridized carbons (Fsp3) is 0.471. The first-order chi connectivity index (χ1) is 12.2. The van der Waals surface area contributed by atoms with Crippen LogP contribution in [-0.2, 0) is 13.6 Å². The molecule has 0 amide bonds. The van der Waals surface area contributed by atoms with Gasteiger partial charge in [0.1, 0.15) is 23.5 Å². The van der Waals surface area contributed by atoms with Crippen LogP contribution in [0.25, 0.3) is 0 Å². The summed E-state index contributed by atoms with van der Waals surface area (Å²) >= 11 is 1.48. The summed E-state index contributed by atoms with van der Waals surface area (Å²) in [4.78, 5) is 2.43. The van der Waals surface area contributed by atoms with E-state index in [1.54, 1.807) is 6.33 Å². The van der Waals surface area contributed by atoms with Crippen molar-refractivity contribution in [3.8, 4) is 0 Å². The van der Waals surface area contributed by atoms with Crippen molar-refractivity contribution in [3.63, 3.8) is 0 Å². The van der Waals surface area contributed by atoms with Gasteiger partial charge in [-0.2, -0.15) is 0 Å². The molecule has 0 N–H and O–H groups in total.